The highest BCUT2D eigenvalue weighted by atomic mass is 16.5. The summed E-state index contributed by atoms with van der Waals surface area (Å²) < 4.78 is 5.25. The molecule has 1 unspecified atom stereocenters. The zero-order chi connectivity index (χ0) is 18.4. The quantitative estimate of drug-likeness (QED) is 0.813. The van der Waals surface area contributed by atoms with Gasteiger partial charge in [0.2, 0.25) is 0 Å². The lowest BCUT2D eigenvalue weighted by Gasteiger charge is -2.30. The number of ether oxygens (including phenoxy) is 1. The Hall–Kier alpha value is -3.08. The van der Waals surface area contributed by atoms with Crippen LogP contribution >= 0.6 is 0 Å². The van der Waals surface area contributed by atoms with Gasteiger partial charge in [0.05, 0.1) is 24.8 Å². The Balaban J connectivity index is 1.90. The van der Waals surface area contributed by atoms with Crippen molar-refractivity contribution < 1.29 is 9.53 Å². The topological polar surface area (TPSA) is 62.7 Å². The minimum absolute atomic E-state index is 0.300. The van der Waals surface area contributed by atoms with E-state index in [9.17, 15) is 4.79 Å². The van der Waals surface area contributed by atoms with Gasteiger partial charge in [0, 0.05) is 5.70 Å². The largest absolute Gasteiger partial charge is 0.463 e. The molecule has 0 saturated carbocycles. The molecular formula is C21H23N3O2. The fraction of sp³-hybridized carbons (Fsp3) is 0.238. The zero-order valence-electron chi connectivity index (χ0n) is 15.0. The van der Waals surface area contributed by atoms with Crippen molar-refractivity contribution in [1.29, 1.82) is 0 Å². The Kier molecular flexibility index (Phi) is 5.69. The monoisotopic (exact) mass is 349 g/mol. The number of rotatable bonds is 5. The fourth-order valence-corrected chi connectivity index (χ4v) is 2.92. The minimum atomic E-state index is -0.319. The maximum atomic E-state index is 12.5. The summed E-state index contributed by atoms with van der Waals surface area (Å²) in [7, 11) is 0. The minimum Gasteiger partial charge on any atom is -0.463 e. The van der Waals surface area contributed by atoms with E-state index >= 15 is 0 Å². The van der Waals surface area contributed by atoms with Crippen LogP contribution in [0.15, 0.2) is 76.9 Å². The van der Waals surface area contributed by atoms with Crippen molar-refractivity contribution in [2.24, 2.45) is 4.99 Å². The van der Waals surface area contributed by atoms with Crippen LogP contribution < -0.4 is 10.6 Å². The first-order chi connectivity index (χ1) is 12.7. The molecule has 26 heavy (non-hydrogen) atoms. The molecule has 134 valence electrons. The van der Waals surface area contributed by atoms with Gasteiger partial charge in [-0.15, -0.1) is 0 Å². The summed E-state index contributed by atoms with van der Waals surface area (Å²) in [4.78, 5) is 17.1. The molecule has 0 bridgehead atoms. The molecule has 0 radical (unpaired) electrons. The molecule has 2 aromatic rings. The Morgan fingerprint density at radius 3 is 2.38 bits per heavy atom. The molecule has 0 spiro atoms. The van der Waals surface area contributed by atoms with Gasteiger partial charge in [-0.2, -0.15) is 0 Å². The second-order valence-corrected chi connectivity index (χ2v) is 6.02. The van der Waals surface area contributed by atoms with Gasteiger partial charge in [-0.1, -0.05) is 60.7 Å². The Labute approximate surface area is 153 Å². The van der Waals surface area contributed by atoms with E-state index in [2.05, 4.69) is 15.6 Å². The number of hydrogen-bond donors (Lipinski definition) is 2. The first-order valence-electron chi connectivity index (χ1n) is 8.73. The molecule has 5 nitrogen and oxygen atoms in total. The summed E-state index contributed by atoms with van der Waals surface area (Å²) in [5.41, 5.74) is 3.45. The molecular weight excluding hydrogens is 326 g/mol. The summed E-state index contributed by atoms with van der Waals surface area (Å²) in [5.74, 6) is 0.328. The van der Waals surface area contributed by atoms with E-state index in [4.69, 9.17) is 4.74 Å². The van der Waals surface area contributed by atoms with Crippen molar-refractivity contribution in [3.05, 3.63) is 83.1 Å². The number of esters is 1. The normalized spacial score (nSPS) is 18.2. The average molecular weight is 349 g/mol. The van der Waals surface area contributed by atoms with Crippen molar-refractivity contribution in [2.75, 3.05) is 6.61 Å². The molecule has 1 atom stereocenters. The van der Waals surface area contributed by atoms with Gasteiger partial charge in [0.1, 0.15) is 0 Å². The third-order valence-corrected chi connectivity index (χ3v) is 4.17. The van der Waals surface area contributed by atoms with Gasteiger partial charge < -0.3 is 15.4 Å². The summed E-state index contributed by atoms with van der Waals surface area (Å²) in [6, 6.07) is 19.6. The van der Waals surface area contributed by atoms with Crippen LogP contribution in [0.5, 0.6) is 0 Å². The van der Waals surface area contributed by atoms with Gasteiger partial charge in [-0.25, -0.2) is 9.79 Å². The van der Waals surface area contributed by atoms with Crippen LogP contribution in [0.2, 0.25) is 0 Å². The number of nitrogens with one attached hydrogen (secondary N) is 2. The second-order valence-electron chi connectivity index (χ2n) is 6.02. The van der Waals surface area contributed by atoms with Crippen molar-refractivity contribution in [3.63, 3.8) is 0 Å². The third kappa shape index (κ3) is 4.11. The molecule has 1 aliphatic heterocycles. The average Bonchev–Trinajstić information content (AvgIpc) is 2.67. The molecule has 3 rings (SSSR count). The Morgan fingerprint density at radius 2 is 1.73 bits per heavy atom. The summed E-state index contributed by atoms with van der Waals surface area (Å²) in [6.07, 6.45) is 0. The highest BCUT2D eigenvalue weighted by molar-refractivity contribution is 5.96. The molecule has 2 aromatic carbocycles. The standard InChI is InChI=1S/C21H23N3O2/c1-3-26-20(25)18-15(2)23-21(22-14-16-10-6-4-7-11-16)24-19(18)17-12-8-5-9-13-17/h4-13,19H,3,14H2,1-2H3,(H2,22,23,24). The van der Waals surface area contributed by atoms with E-state index < -0.39 is 0 Å². The van der Waals surface area contributed by atoms with Crippen LogP contribution in [0.4, 0.5) is 0 Å². The molecule has 5 heteroatoms. The maximum Gasteiger partial charge on any atom is 0.338 e. The molecule has 2 N–H and O–H groups in total. The predicted molar refractivity (Wildman–Crippen MR) is 102 cm³/mol. The number of carbonyl (C=O) groups excluding carboxylic acids is 1. The number of hydrogen-bond acceptors (Lipinski definition) is 3. The van der Waals surface area contributed by atoms with E-state index in [1.807, 2.05) is 74.5 Å². The van der Waals surface area contributed by atoms with Crippen LogP contribution in [0.3, 0.4) is 0 Å². The number of benzene rings is 2. The first kappa shape index (κ1) is 17.7. The second kappa shape index (κ2) is 8.34. The Bertz CT molecular complexity index is 814. The van der Waals surface area contributed by atoms with Gasteiger partial charge in [0.15, 0.2) is 5.96 Å². The van der Waals surface area contributed by atoms with Crippen molar-refractivity contribution >= 4 is 11.9 Å². The highest BCUT2D eigenvalue weighted by Crippen LogP contribution is 2.27. The molecule has 0 saturated heterocycles. The van der Waals surface area contributed by atoms with Gasteiger partial charge in [0.25, 0.3) is 0 Å². The summed E-state index contributed by atoms with van der Waals surface area (Å²) in [6.45, 7) is 4.58. The predicted octanol–water partition coefficient (Wildman–Crippen LogP) is 3.31. The van der Waals surface area contributed by atoms with Crippen LogP contribution in [0.1, 0.15) is 31.0 Å². The summed E-state index contributed by atoms with van der Waals surface area (Å²) in [5, 5.41) is 6.53. The number of carbonyl (C=O) groups is 1. The first-order valence-corrected chi connectivity index (χ1v) is 8.73. The van der Waals surface area contributed by atoms with Gasteiger partial charge >= 0.3 is 5.97 Å². The molecule has 0 fully saturated rings. The summed E-state index contributed by atoms with van der Waals surface area (Å²) >= 11 is 0. The van der Waals surface area contributed by atoms with E-state index in [1.54, 1.807) is 0 Å². The molecule has 1 heterocycles. The molecule has 0 amide bonds. The zero-order valence-corrected chi connectivity index (χ0v) is 15.0. The van der Waals surface area contributed by atoms with Crippen LogP contribution in [0.25, 0.3) is 0 Å². The lowest BCUT2D eigenvalue weighted by molar-refractivity contribution is -0.139. The Morgan fingerprint density at radius 1 is 1.08 bits per heavy atom. The number of guanidine groups is 1. The third-order valence-electron chi connectivity index (χ3n) is 4.17. The van der Waals surface area contributed by atoms with Crippen molar-refractivity contribution in [2.45, 2.75) is 26.4 Å². The SMILES string of the molecule is CCOC(=O)C1=C(C)NC(=NCc2ccccc2)NC1c1ccccc1. The van der Waals surface area contributed by atoms with E-state index in [-0.39, 0.29) is 12.0 Å². The lowest BCUT2D eigenvalue weighted by Crippen LogP contribution is -2.46. The van der Waals surface area contributed by atoms with Crippen LogP contribution in [-0.4, -0.2) is 18.5 Å². The van der Waals surface area contributed by atoms with E-state index in [0.717, 1.165) is 16.8 Å². The smallest absolute Gasteiger partial charge is 0.338 e. The van der Waals surface area contributed by atoms with Crippen molar-refractivity contribution in [3.8, 4) is 0 Å². The highest BCUT2D eigenvalue weighted by Gasteiger charge is 2.31. The molecule has 1 aliphatic rings. The molecule has 0 aromatic heterocycles. The van der Waals surface area contributed by atoms with E-state index in [1.165, 1.54) is 0 Å². The van der Waals surface area contributed by atoms with Gasteiger partial charge in [-0.05, 0) is 25.0 Å². The van der Waals surface area contributed by atoms with Crippen molar-refractivity contribution in [1.82, 2.24) is 10.6 Å². The van der Waals surface area contributed by atoms with E-state index in [0.29, 0.717) is 24.7 Å². The molecule has 0 aliphatic carbocycles. The maximum absolute atomic E-state index is 12.5. The number of allylic oxidation sites excluding steroid dienone is 1. The van der Waals surface area contributed by atoms with Crippen LogP contribution in [-0.2, 0) is 16.1 Å². The number of aliphatic imine (C=N–C) groups is 1. The lowest BCUT2D eigenvalue weighted by atomic mass is 9.95. The van der Waals surface area contributed by atoms with Crippen LogP contribution in [0, 0.1) is 0 Å². The number of nitrogens with zero attached hydrogens (tertiary/aromatic N) is 1. The fourth-order valence-electron chi connectivity index (χ4n) is 2.92. The van der Waals surface area contributed by atoms with Gasteiger partial charge in [-0.3, -0.25) is 0 Å².